The Hall–Kier alpha value is -6.60. The van der Waals surface area contributed by atoms with Gasteiger partial charge in [-0.1, -0.05) is 85.8 Å². The predicted octanol–water partition coefficient (Wildman–Crippen LogP) is 6.53. The zero-order valence-electron chi connectivity index (χ0n) is 32.5. The van der Waals surface area contributed by atoms with Crippen LogP contribution in [-0.4, -0.2) is 99.2 Å². The van der Waals surface area contributed by atoms with E-state index in [1.807, 2.05) is 74.4 Å². The van der Waals surface area contributed by atoms with Crippen molar-refractivity contribution in [3.63, 3.8) is 0 Å². The van der Waals surface area contributed by atoms with Crippen molar-refractivity contribution < 1.29 is 23.9 Å². The van der Waals surface area contributed by atoms with Gasteiger partial charge in [0.1, 0.15) is 24.2 Å². The molecule has 1 aliphatic heterocycles. The van der Waals surface area contributed by atoms with Gasteiger partial charge in [-0.25, -0.2) is 14.8 Å². The summed E-state index contributed by atoms with van der Waals surface area (Å²) in [6.07, 6.45) is 3.87. The fraction of sp³-hybridized carbons (Fsp3) is 0.273. The number of imidazole rings is 2. The van der Waals surface area contributed by atoms with Crippen molar-refractivity contribution in [2.45, 2.75) is 38.4 Å². The maximum absolute atomic E-state index is 13.9. The van der Waals surface area contributed by atoms with Gasteiger partial charge in [0.2, 0.25) is 11.8 Å². The molecule has 4 aromatic carbocycles. The van der Waals surface area contributed by atoms with Gasteiger partial charge >= 0.3 is 6.09 Å². The molecule has 1 saturated heterocycles. The number of Topliss-reactive ketones (excluding diaryl/α,β-unsaturated/α-hetero) is 1. The number of amides is 3. The Balaban J connectivity index is 1.03. The summed E-state index contributed by atoms with van der Waals surface area (Å²) < 4.78 is 4.57. The molecule has 0 unspecified atom stereocenters. The third-order valence-electron chi connectivity index (χ3n) is 10.3. The summed E-state index contributed by atoms with van der Waals surface area (Å²) in [5, 5.41) is 4.61. The van der Waals surface area contributed by atoms with Crippen molar-refractivity contribution in [3.8, 4) is 33.6 Å². The largest absolute Gasteiger partial charge is 0.453 e. The molecule has 57 heavy (non-hydrogen) atoms. The number of carbonyl (C=O) groups is 4. The van der Waals surface area contributed by atoms with Crippen LogP contribution in [0, 0.1) is 0 Å². The van der Waals surface area contributed by atoms with Gasteiger partial charge in [0.15, 0.2) is 5.78 Å². The van der Waals surface area contributed by atoms with Gasteiger partial charge in [-0.2, -0.15) is 0 Å². The van der Waals surface area contributed by atoms with E-state index >= 15 is 0 Å². The van der Waals surface area contributed by atoms with Crippen LogP contribution in [0.25, 0.3) is 44.4 Å². The molecule has 292 valence electrons. The van der Waals surface area contributed by atoms with Crippen LogP contribution in [0.5, 0.6) is 0 Å². The van der Waals surface area contributed by atoms with E-state index in [1.165, 1.54) is 7.11 Å². The topological polar surface area (TPSA) is 157 Å². The minimum absolute atomic E-state index is 0.0100. The number of ether oxygens (including phenoxy) is 1. The molecular formula is C44H46N8O5. The number of likely N-dealkylation sites (N-methyl/N-ethyl adjacent to an activating group) is 1. The molecule has 3 N–H and O–H groups in total. The fourth-order valence-corrected chi connectivity index (χ4v) is 7.37. The van der Waals surface area contributed by atoms with Crippen LogP contribution in [0.3, 0.4) is 0 Å². The highest BCUT2D eigenvalue weighted by atomic mass is 16.5. The average molecular weight is 767 g/mol. The van der Waals surface area contributed by atoms with Gasteiger partial charge in [0.25, 0.3) is 0 Å². The van der Waals surface area contributed by atoms with E-state index in [0.29, 0.717) is 24.7 Å². The molecule has 2 atom stereocenters. The molecule has 6 aromatic rings. The van der Waals surface area contributed by atoms with E-state index in [-0.39, 0.29) is 37.1 Å². The number of likely N-dealkylation sites (tertiary alicyclic amines) is 1. The molecule has 0 bridgehead atoms. The minimum Gasteiger partial charge on any atom is -0.453 e. The summed E-state index contributed by atoms with van der Waals surface area (Å²) in [7, 11) is 5.00. The smallest absolute Gasteiger partial charge is 0.407 e. The van der Waals surface area contributed by atoms with Crippen LogP contribution in [0.1, 0.15) is 49.1 Å². The number of hydrogen-bond acceptors (Lipinski definition) is 8. The lowest BCUT2D eigenvalue weighted by Crippen LogP contribution is -2.40. The number of ketones is 1. The first-order chi connectivity index (χ1) is 27.6. The second-order valence-electron chi connectivity index (χ2n) is 14.4. The molecule has 3 amide bonds. The van der Waals surface area contributed by atoms with Gasteiger partial charge in [0, 0.05) is 18.5 Å². The molecule has 3 heterocycles. The Morgan fingerprint density at radius 2 is 1.51 bits per heavy atom. The van der Waals surface area contributed by atoms with E-state index in [1.54, 1.807) is 22.2 Å². The Labute approximate surface area is 331 Å². The number of hydrogen-bond donors (Lipinski definition) is 3. The third-order valence-corrected chi connectivity index (χ3v) is 10.3. The van der Waals surface area contributed by atoms with E-state index in [4.69, 9.17) is 0 Å². The molecular weight excluding hydrogens is 721 g/mol. The number of H-pyrrole nitrogens is 2. The van der Waals surface area contributed by atoms with Crippen molar-refractivity contribution in [2.75, 3.05) is 40.8 Å². The van der Waals surface area contributed by atoms with Gasteiger partial charge in [-0.15, -0.1) is 0 Å². The summed E-state index contributed by atoms with van der Waals surface area (Å²) in [6, 6.07) is 29.5. The quantitative estimate of drug-likeness (QED) is 0.120. The van der Waals surface area contributed by atoms with Crippen molar-refractivity contribution >= 4 is 34.5 Å². The van der Waals surface area contributed by atoms with Crippen molar-refractivity contribution in [1.29, 1.82) is 0 Å². The molecule has 13 heteroatoms. The number of fused-ring (bicyclic) bond motifs is 1. The molecule has 0 radical (unpaired) electrons. The number of aromatic amines is 2. The first-order valence-electron chi connectivity index (χ1n) is 19.0. The third kappa shape index (κ3) is 8.63. The number of aromatic nitrogens is 4. The van der Waals surface area contributed by atoms with E-state index < -0.39 is 18.2 Å². The van der Waals surface area contributed by atoms with Crippen LogP contribution in [0.4, 0.5) is 4.79 Å². The number of benzene rings is 4. The molecule has 1 fully saturated rings. The number of rotatable bonds is 13. The predicted molar refractivity (Wildman–Crippen MR) is 218 cm³/mol. The maximum atomic E-state index is 13.9. The average Bonchev–Trinajstić information content (AvgIpc) is 4.00. The molecule has 0 aliphatic carbocycles. The van der Waals surface area contributed by atoms with Crippen molar-refractivity contribution in [1.82, 2.24) is 40.0 Å². The molecule has 0 saturated carbocycles. The second-order valence-corrected chi connectivity index (χ2v) is 14.4. The molecule has 0 spiro atoms. The van der Waals surface area contributed by atoms with E-state index in [2.05, 4.69) is 72.5 Å². The van der Waals surface area contributed by atoms with Crippen LogP contribution >= 0.6 is 0 Å². The lowest BCUT2D eigenvalue weighted by molar-refractivity contribution is -0.138. The van der Waals surface area contributed by atoms with Crippen LogP contribution < -0.4 is 5.32 Å². The molecule has 7 rings (SSSR count). The first kappa shape index (κ1) is 38.7. The molecule has 13 nitrogen and oxygen atoms in total. The summed E-state index contributed by atoms with van der Waals surface area (Å²) in [5.41, 5.74) is 6.58. The Morgan fingerprint density at radius 3 is 2.21 bits per heavy atom. The van der Waals surface area contributed by atoms with Crippen molar-refractivity contribution in [3.05, 3.63) is 121 Å². The number of carbonyl (C=O) groups excluding carboxylic acids is 4. The van der Waals surface area contributed by atoms with Gasteiger partial charge in [0.05, 0.1) is 50.0 Å². The normalized spacial score (nSPS) is 14.6. The first-order valence-corrected chi connectivity index (χ1v) is 19.0. The van der Waals surface area contributed by atoms with Gasteiger partial charge < -0.3 is 29.8 Å². The van der Waals surface area contributed by atoms with Gasteiger partial charge in [-0.05, 0) is 65.7 Å². The lowest BCUT2D eigenvalue weighted by atomic mass is 9.98. The van der Waals surface area contributed by atoms with E-state index in [9.17, 15) is 19.2 Å². The highest BCUT2D eigenvalue weighted by molar-refractivity contribution is 5.93. The van der Waals surface area contributed by atoms with Crippen LogP contribution in [0.2, 0.25) is 0 Å². The standard InChI is InChI=1S/C44H46N8O5/c1-5-19-51(40(54)25-47-44(56)57-4)27-39-45-23-37(48-39)34-18-17-32-20-31(15-16-33(32)21-34)28-11-13-29(14-12-28)36-24-46-42(49-36)38-22-35(53)26-52(38)43(55)41(50(2)3)30-9-7-6-8-10-30/h6-18,20-21,23-24,38,41H,5,19,22,25-27H2,1-4H3,(H,45,48)(H,46,49)(H,47,56)/t38-,41+/m0/s1. The molecule has 1 aliphatic rings. The lowest BCUT2D eigenvalue weighted by Gasteiger charge is -2.31. The number of methoxy groups -OCH3 is 1. The Morgan fingerprint density at radius 1 is 0.860 bits per heavy atom. The summed E-state index contributed by atoms with van der Waals surface area (Å²) >= 11 is 0. The highest BCUT2D eigenvalue weighted by Crippen LogP contribution is 2.35. The van der Waals surface area contributed by atoms with Gasteiger partial charge in [-0.3, -0.25) is 19.3 Å². The number of nitrogens with one attached hydrogen (secondary N) is 3. The molecule has 2 aromatic heterocycles. The minimum atomic E-state index is -0.650. The summed E-state index contributed by atoms with van der Waals surface area (Å²) in [6.45, 7) is 2.72. The van der Waals surface area contributed by atoms with Crippen LogP contribution in [-0.2, 0) is 25.7 Å². The Kier molecular flexibility index (Phi) is 11.6. The number of nitrogens with zero attached hydrogens (tertiary/aromatic N) is 5. The highest BCUT2D eigenvalue weighted by Gasteiger charge is 2.40. The second kappa shape index (κ2) is 17.0. The van der Waals surface area contributed by atoms with Crippen LogP contribution in [0.15, 0.2) is 103 Å². The van der Waals surface area contributed by atoms with Crippen molar-refractivity contribution in [2.24, 2.45) is 0 Å². The summed E-state index contributed by atoms with van der Waals surface area (Å²) in [4.78, 5) is 71.9. The monoisotopic (exact) mass is 766 g/mol. The Bertz CT molecular complexity index is 2390. The fourth-order valence-electron chi connectivity index (χ4n) is 7.37. The zero-order chi connectivity index (χ0) is 40.1. The number of alkyl carbamates (subject to hydrolysis) is 1. The zero-order valence-corrected chi connectivity index (χ0v) is 32.5. The SMILES string of the molecule is CCCN(Cc1ncc(-c2ccc3cc(-c4ccc(-c5cnc([C@@H]6CC(=O)CN6C(=O)[C@@H](c6ccccc6)N(C)C)[nH]5)cc4)ccc3c2)[nH]1)C(=O)CNC(=O)OC. The maximum Gasteiger partial charge on any atom is 0.407 e. The van der Waals surface area contributed by atoms with E-state index in [0.717, 1.165) is 56.4 Å². The summed E-state index contributed by atoms with van der Waals surface area (Å²) in [5.74, 6) is 0.911.